The number of halogens is 3. The highest BCUT2D eigenvalue weighted by molar-refractivity contribution is 5.20. The minimum atomic E-state index is -4.55. The second-order valence-corrected chi connectivity index (χ2v) is 3.91. The fraction of sp³-hybridized carbons (Fsp3) is 0.600. The zero-order valence-corrected chi connectivity index (χ0v) is 8.76. The standard InChI is InChI=1S/C10H11F3N2O/c1-6-8(10(11,12)13)14-7-4-2-3-5-15(7)9(6)16/h2-5H2,1H3. The second-order valence-electron chi connectivity index (χ2n) is 3.91. The molecule has 1 aromatic rings. The Hall–Kier alpha value is -1.33. The molecule has 0 aromatic carbocycles. The molecule has 0 fully saturated rings. The number of aromatic nitrogens is 2. The molecule has 6 heteroatoms. The third-order valence-corrected chi connectivity index (χ3v) is 2.77. The average molecular weight is 232 g/mol. The maximum absolute atomic E-state index is 12.6. The number of fused-ring (bicyclic) bond motifs is 1. The zero-order valence-electron chi connectivity index (χ0n) is 8.76. The first kappa shape index (κ1) is 11.2. The Balaban J connectivity index is 2.67. The van der Waals surface area contributed by atoms with E-state index in [1.807, 2.05) is 0 Å². The van der Waals surface area contributed by atoms with E-state index in [1.54, 1.807) is 0 Å². The van der Waals surface area contributed by atoms with E-state index in [1.165, 1.54) is 11.5 Å². The van der Waals surface area contributed by atoms with Crippen LogP contribution >= 0.6 is 0 Å². The van der Waals surface area contributed by atoms with E-state index in [0.717, 1.165) is 12.8 Å². The van der Waals surface area contributed by atoms with Crippen LogP contribution in [0.3, 0.4) is 0 Å². The van der Waals surface area contributed by atoms with Crippen LogP contribution in [0.4, 0.5) is 13.2 Å². The summed E-state index contributed by atoms with van der Waals surface area (Å²) in [6.45, 7) is 1.65. The highest BCUT2D eigenvalue weighted by Gasteiger charge is 2.36. The van der Waals surface area contributed by atoms with Gasteiger partial charge in [-0.1, -0.05) is 0 Å². The predicted octanol–water partition coefficient (Wildman–Crippen LogP) is 1.91. The van der Waals surface area contributed by atoms with E-state index in [-0.39, 0.29) is 11.4 Å². The summed E-state index contributed by atoms with van der Waals surface area (Å²) in [7, 11) is 0. The summed E-state index contributed by atoms with van der Waals surface area (Å²) >= 11 is 0. The number of nitrogens with zero attached hydrogens (tertiary/aromatic N) is 2. The summed E-state index contributed by atoms with van der Waals surface area (Å²) in [5.74, 6) is 0.258. The highest BCUT2D eigenvalue weighted by atomic mass is 19.4. The molecule has 0 aliphatic carbocycles. The molecule has 16 heavy (non-hydrogen) atoms. The van der Waals surface area contributed by atoms with Gasteiger partial charge < -0.3 is 0 Å². The number of rotatable bonds is 0. The third-order valence-electron chi connectivity index (χ3n) is 2.77. The summed E-state index contributed by atoms with van der Waals surface area (Å²) in [5.41, 5.74) is -1.90. The average Bonchev–Trinajstić information content (AvgIpc) is 2.22. The van der Waals surface area contributed by atoms with Crippen molar-refractivity contribution in [2.24, 2.45) is 0 Å². The van der Waals surface area contributed by atoms with E-state index in [9.17, 15) is 18.0 Å². The van der Waals surface area contributed by atoms with Crippen molar-refractivity contribution in [3.8, 4) is 0 Å². The molecule has 0 atom stereocenters. The van der Waals surface area contributed by atoms with Crippen molar-refractivity contribution in [2.45, 2.75) is 38.9 Å². The molecule has 2 heterocycles. The van der Waals surface area contributed by atoms with Gasteiger partial charge in [0.2, 0.25) is 0 Å². The van der Waals surface area contributed by atoms with Crippen LogP contribution in [0.15, 0.2) is 4.79 Å². The van der Waals surface area contributed by atoms with Gasteiger partial charge in [0.15, 0.2) is 5.69 Å². The monoisotopic (exact) mass is 232 g/mol. The summed E-state index contributed by atoms with van der Waals surface area (Å²) in [6.07, 6.45) is -2.50. The molecule has 0 unspecified atom stereocenters. The number of alkyl halides is 3. The van der Waals surface area contributed by atoms with Gasteiger partial charge in [-0.25, -0.2) is 4.98 Å². The van der Waals surface area contributed by atoms with Crippen molar-refractivity contribution in [1.29, 1.82) is 0 Å². The van der Waals surface area contributed by atoms with Gasteiger partial charge in [-0.2, -0.15) is 13.2 Å². The molecule has 1 aliphatic rings. The van der Waals surface area contributed by atoms with Crippen LogP contribution in [0.5, 0.6) is 0 Å². The van der Waals surface area contributed by atoms with E-state index < -0.39 is 17.4 Å². The van der Waals surface area contributed by atoms with Crippen LogP contribution < -0.4 is 5.56 Å². The fourth-order valence-corrected chi connectivity index (χ4v) is 1.94. The number of hydrogen-bond donors (Lipinski definition) is 0. The molecule has 0 bridgehead atoms. The number of hydrogen-bond acceptors (Lipinski definition) is 2. The molecule has 0 spiro atoms. The Morgan fingerprint density at radius 2 is 2.00 bits per heavy atom. The SMILES string of the molecule is Cc1c(C(F)(F)F)nc2n(c1=O)CCCC2. The summed E-state index contributed by atoms with van der Waals surface area (Å²) in [4.78, 5) is 15.3. The molecule has 3 nitrogen and oxygen atoms in total. The van der Waals surface area contributed by atoms with Crippen molar-refractivity contribution in [1.82, 2.24) is 9.55 Å². The van der Waals surface area contributed by atoms with Crippen LogP contribution in [0.1, 0.15) is 29.9 Å². The second kappa shape index (κ2) is 3.61. The molecule has 1 aliphatic heterocycles. The van der Waals surface area contributed by atoms with Crippen molar-refractivity contribution >= 4 is 0 Å². The van der Waals surface area contributed by atoms with Gasteiger partial charge in [-0.3, -0.25) is 9.36 Å². The van der Waals surface area contributed by atoms with E-state index >= 15 is 0 Å². The summed E-state index contributed by atoms with van der Waals surface area (Å²) in [5, 5.41) is 0. The molecule has 0 saturated heterocycles. The smallest absolute Gasteiger partial charge is 0.296 e. The minimum Gasteiger partial charge on any atom is -0.296 e. The lowest BCUT2D eigenvalue weighted by molar-refractivity contribution is -0.142. The lowest BCUT2D eigenvalue weighted by Gasteiger charge is -2.20. The topological polar surface area (TPSA) is 34.9 Å². The van der Waals surface area contributed by atoms with Gasteiger partial charge in [0.25, 0.3) is 5.56 Å². The molecular weight excluding hydrogens is 221 g/mol. The molecule has 88 valence electrons. The molecule has 0 amide bonds. The maximum Gasteiger partial charge on any atom is 0.433 e. The largest absolute Gasteiger partial charge is 0.433 e. The van der Waals surface area contributed by atoms with Gasteiger partial charge in [-0.05, 0) is 19.8 Å². The summed E-state index contributed by atoms with van der Waals surface area (Å²) in [6, 6.07) is 0. The number of aryl methyl sites for hydroxylation is 1. The Kier molecular flexibility index (Phi) is 2.52. The normalized spacial score (nSPS) is 16.0. The van der Waals surface area contributed by atoms with Crippen molar-refractivity contribution in [3.05, 3.63) is 27.4 Å². The van der Waals surface area contributed by atoms with Crippen LogP contribution in [0.25, 0.3) is 0 Å². The predicted molar refractivity (Wildman–Crippen MR) is 51.2 cm³/mol. The first-order valence-electron chi connectivity index (χ1n) is 5.09. The maximum atomic E-state index is 12.6. The molecule has 0 radical (unpaired) electrons. The highest BCUT2D eigenvalue weighted by Crippen LogP contribution is 2.29. The minimum absolute atomic E-state index is 0.258. The van der Waals surface area contributed by atoms with Gasteiger partial charge >= 0.3 is 6.18 Å². The molecule has 2 rings (SSSR count). The van der Waals surface area contributed by atoms with Crippen LogP contribution in [0, 0.1) is 6.92 Å². The van der Waals surface area contributed by atoms with Gasteiger partial charge in [0.05, 0.1) is 0 Å². The van der Waals surface area contributed by atoms with Gasteiger partial charge in [0, 0.05) is 18.5 Å². The van der Waals surface area contributed by atoms with Crippen molar-refractivity contribution in [2.75, 3.05) is 0 Å². The molecular formula is C10H11F3N2O. The lowest BCUT2D eigenvalue weighted by atomic mass is 10.1. The van der Waals surface area contributed by atoms with Crippen molar-refractivity contribution < 1.29 is 13.2 Å². The van der Waals surface area contributed by atoms with E-state index in [0.29, 0.717) is 13.0 Å². The Bertz CT molecular complexity index is 476. The van der Waals surface area contributed by atoms with E-state index in [2.05, 4.69) is 4.98 Å². The third kappa shape index (κ3) is 1.72. The Morgan fingerprint density at radius 3 is 2.62 bits per heavy atom. The van der Waals surface area contributed by atoms with Crippen LogP contribution in [-0.4, -0.2) is 9.55 Å². The Labute approximate surface area is 89.9 Å². The van der Waals surface area contributed by atoms with Crippen LogP contribution in [0.2, 0.25) is 0 Å². The van der Waals surface area contributed by atoms with E-state index in [4.69, 9.17) is 0 Å². The first-order chi connectivity index (χ1) is 7.41. The van der Waals surface area contributed by atoms with Gasteiger partial charge in [-0.15, -0.1) is 0 Å². The van der Waals surface area contributed by atoms with Crippen LogP contribution in [-0.2, 0) is 19.1 Å². The first-order valence-corrected chi connectivity index (χ1v) is 5.09. The lowest BCUT2D eigenvalue weighted by Crippen LogP contribution is -2.33. The van der Waals surface area contributed by atoms with Crippen molar-refractivity contribution in [3.63, 3.8) is 0 Å². The molecule has 0 saturated carbocycles. The fourth-order valence-electron chi connectivity index (χ4n) is 1.94. The Morgan fingerprint density at radius 1 is 1.31 bits per heavy atom. The summed E-state index contributed by atoms with van der Waals surface area (Å²) < 4.78 is 39.1. The van der Waals surface area contributed by atoms with Gasteiger partial charge in [0.1, 0.15) is 5.82 Å². The zero-order chi connectivity index (χ0) is 11.9. The molecule has 1 aromatic heterocycles. The quantitative estimate of drug-likeness (QED) is 0.684. The molecule has 0 N–H and O–H groups in total.